The first-order valence-electron chi connectivity index (χ1n) is 8.50. The smallest absolute Gasteiger partial charge is 0.204 e. The van der Waals surface area contributed by atoms with Gasteiger partial charge in [0.05, 0.1) is 5.75 Å². The molecule has 7 heteroatoms. The third-order valence-corrected chi connectivity index (χ3v) is 6.95. The summed E-state index contributed by atoms with van der Waals surface area (Å²) >= 11 is 15.4. The molecule has 0 bridgehead atoms. The summed E-state index contributed by atoms with van der Waals surface area (Å²) in [4.78, 5) is 12.8. The molecule has 3 aromatic carbocycles. The average molecular weight is 510 g/mol. The minimum Gasteiger partial charge on any atom is -0.288 e. The molecule has 0 radical (unpaired) electrons. The van der Waals surface area contributed by atoms with Crippen LogP contribution in [-0.2, 0) is 15.6 Å². The molecule has 3 nitrogen and oxygen atoms in total. The second kappa shape index (κ2) is 9.26. The molecule has 0 fully saturated rings. The van der Waals surface area contributed by atoms with Crippen LogP contribution in [0.5, 0.6) is 0 Å². The Hall–Kier alpha value is -1.92. The summed E-state index contributed by atoms with van der Waals surface area (Å²) in [5, 5.41) is 0.789. The lowest BCUT2D eigenvalue weighted by atomic mass is 10.1. The standard InChI is InChI=1S/C22H15BrCl2O3S/c23-18-9-5-15(6-10-18)13-21(22(26)16-7-11-19(24)12-8-16)29(27,28)14-17-3-1-2-4-20(17)25/h1-13H,14H2/b21-13+. The van der Waals surface area contributed by atoms with Crippen LogP contribution in [0.4, 0.5) is 0 Å². The maximum atomic E-state index is 13.2. The Balaban J connectivity index is 2.08. The number of carbonyl (C=O) groups is 1. The first-order valence-corrected chi connectivity index (χ1v) is 11.7. The third-order valence-electron chi connectivity index (χ3n) is 4.14. The van der Waals surface area contributed by atoms with Crippen LogP contribution in [-0.4, -0.2) is 14.2 Å². The number of Topliss-reactive ketones (excluding diaryl/α,β-unsaturated/α-hetero) is 1. The fourth-order valence-corrected chi connectivity index (χ4v) is 4.85. The summed E-state index contributed by atoms with van der Waals surface area (Å²) in [7, 11) is -3.98. The highest BCUT2D eigenvalue weighted by atomic mass is 79.9. The second-order valence-corrected chi connectivity index (χ2v) is 9.96. The predicted octanol–water partition coefficient (Wildman–Crippen LogP) is 6.59. The Labute approximate surface area is 188 Å². The monoisotopic (exact) mass is 508 g/mol. The van der Waals surface area contributed by atoms with Crippen LogP contribution in [0.2, 0.25) is 10.0 Å². The van der Waals surface area contributed by atoms with Gasteiger partial charge >= 0.3 is 0 Å². The number of sulfone groups is 1. The Kier molecular flexibility index (Phi) is 6.96. The SMILES string of the molecule is O=C(/C(=C\c1ccc(Br)cc1)S(=O)(=O)Cc1ccccc1Cl)c1ccc(Cl)cc1. The third kappa shape index (κ3) is 5.58. The van der Waals surface area contributed by atoms with E-state index in [4.69, 9.17) is 23.2 Å². The second-order valence-electron chi connectivity index (χ2n) is 6.25. The topological polar surface area (TPSA) is 51.2 Å². The number of benzene rings is 3. The molecular formula is C22H15BrCl2O3S. The molecule has 148 valence electrons. The van der Waals surface area contributed by atoms with Gasteiger partial charge in [-0.25, -0.2) is 8.42 Å². The van der Waals surface area contributed by atoms with Crippen LogP contribution in [0.3, 0.4) is 0 Å². The first kappa shape index (κ1) is 21.8. The van der Waals surface area contributed by atoms with E-state index in [0.717, 1.165) is 4.47 Å². The molecule has 0 heterocycles. The van der Waals surface area contributed by atoms with Crippen LogP contribution in [0.25, 0.3) is 6.08 Å². The Morgan fingerprint density at radius 1 is 0.897 bits per heavy atom. The minimum absolute atomic E-state index is 0.237. The summed E-state index contributed by atoms with van der Waals surface area (Å²) in [5.74, 6) is -0.981. The molecule has 0 aliphatic rings. The van der Waals surface area contributed by atoms with Crippen LogP contribution >= 0.6 is 39.1 Å². The molecule has 0 unspecified atom stereocenters. The lowest BCUT2D eigenvalue weighted by molar-refractivity contribution is 0.104. The molecule has 0 N–H and O–H groups in total. The van der Waals surface area contributed by atoms with E-state index in [1.807, 2.05) is 0 Å². The molecule has 3 rings (SSSR count). The largest absolute Gasteiger partial charge is 0.288 e. The van der Waals surface area contributed by atoms with Crippen LogP contribution in [0, 0.1) is 0 Å². The molecule has 0 saturated carbocycles. The van der Waals surface area contributed by atoms with Gasteiger partial charge in [-0.15, -0.1) is 0 Å². The Morgan fingerprint density at radius 3 is 2.14 bits per heavy atom. The molecule has 0 amide bonds. The molecule has 0 saturated heterocycles. The number of ketones is 1. The van der Waals surface area contributed by atoms with Crippen molar-refractivity contribution in [2.45, 2.75) is 5.75 Å². The van der Waals surface area contributed by atoms with Crippen molar-refractivity contribution in [3.63, 3.8) is 0 Å². The zero-order valence-electron chi connectivity index (χ0n) is 15.0. The summed E-state index contributed by atoms with van der Waals surface area (Å²) in [6, 6.07) is 19.8. The molecule has 0 atom stereocenters. The highest BCUT2D eigenvalue weighted by molar-refractivity contribution is 9.10. The van der Waals surface area contributed by atoms with Gasteiger partial charge < -0.3 is 0 Å². The Bertz CT molecular complexity index is 1170. The highest BCUT2D eigenvalue weighted by Crippen LogP contribution is 2.26. The van der Waals surface area contributed by atoms with Crippen molar-refractivity contribution >= 4 is 60.8 Å². The van der Waals surface area contributed by atoms with E-state index < -0.39 is 15.6 Å². The number of hydrogen-bond acceptors (Lipinski definition) is 3. The van der Waals surface area contributed by atoms with Crippen molar-refractivity contribution in [1.82, 2.24) is 0 Å². The normalized spacial score (nSPS) is 12.0. The van der Waals surface area contributed by atoms with Gasteiger partial charge in [0.25, 0.3) is 0 Å². The molecule has 3 aromatic rings. The van der Waals surface area contributed by atoms with E-state index in [9.17, 15) is 13.2 Å². The van der Waals surface area contributed by atoms with Gasteiger partial charge in [-0.05, 0) is 59.7 Å². The fraction of sp³-hybridized carbons (Fsp3) is 0.0455. The van der Waals surface area contributed by atoms with Crippen molar-refractivity contribution in [1.29, 1.82) is 0 Å². The minimum atomic E-state index is -3.98. The van der Waals surface area contributed by atoms with E-state index in [2.05, 4.69) is 15.9 Å². The van der Waals surface area contributed by atoms with Gasteiger partial charge in [-0.3, -0.25) is 4.79 Å². The summed E-state index contributed by atoms with van der Waals surface area (Å²) < 4.78 is 27.3. The molecule has 0 aliphatic carbocycles. The lowest BCUT2D eigenvalue weighted by Gasteiger charge is -2.11. The zero-order chi connectivity index (χ0) is 21.0. The summed E-state index contributed by atoms with van der Waals surface area (Å²) in [5.41, 5.74) is 1.26. The van der Waals surface area contributed by atoms with Crippen molar-refractivity contribution in [3.05, 3.63) is 109 Å². The quantitative estimate of drug-likeness (QED) is 0.278. The van der Waals surface area contributed by atoms with Gasteiger partial charge in [0.1, 0.15) is 4.91 Å². The Morgan fingerprint density at radius 2 is 1.52 bits per heavy atom. The van der Waals surface area contributed by atoms with Gasteiger partial charge in [0.2, 0.25) is 5.78 Å². The number of halogens is 3. The van der Waals surface area contributed by atoms with Crippen molar-refractivity contribution in [2.24, 2.45) is 0 Å². The molecule has 29 heavy (non-hydrogen) atoms. The van der Waals surface area contributed by atoms with Crippen molar-refractivity contribution in [2.75, 3.05) is 0 Å². The molecular weight excluding hydrogens is 495 g/mol. The summed E-state index contributed by atoms with van der Waals surface area (Å²) in [6.45, 7) is 0. The predicted molar refractivity (Wildman–Crippen MR) is 122 cm³/mol. The van der Waals surface area contributed by atoms with Crippen LogP contribution < -0.4 is 0 Å². The average Bonchev–Trinajstić information content (AvgIpc) is 2.69. The first-order chi connectivity index (χ1) is 13.8. The van der Waals surface area contributed by atoms with Crippen LogP contribution in [0.1, 0.15) is 21.5 Å². The van der Waals surface area contributed by atoms with E-state index in [1.54, 1.807) is 60.7 Å². The summed E-state index contributed by atoms with van der Waals surface area (Å²) in [6.07, 6.45) is 1.38. The molecule has 0 aliphatic heterocycles. The van der Waals surface area contributed by atoms with Crippen LogP contribution in [0.15, 0.2) is 82.2 Å². The number of hydrogen-bond donors (Lipinski definition) is 0. The van der Waals surface area contributed by atoms with E-state index in [0.29, 0.717) is 21.2 Å². The van der Waals surface area contributed by atoms with Crippen molar-refractivity contribution < 1.29 is 13.2 Å². The van der Waals surface area contributed by atoms with Gasteiger partial charge in [-0.2, -0.15) is 0 Å². The van der Waals surface area contributed by atoms with Gasteiger partial charge in [-0.1, -0.05) is 69.5 Å². The molecule has 0 aromatic heterocycles. The van der Waals surface area contributed by atoms with Gasteiger partial charge in [0.15, 0.2) is 9.84 Å². The fourth-order valence-electron chi connectivity index (χ4n) is 2.65. The van der Waals surface area contributed by atoms with Crippen molar-refractivity contribution in [3.8, 4) is 0 Å². The van der Waals surface area contributed by atoms with Gasteiger partial charge in [0, 0.05) is 20.1 Å². The maximum Gasteiger partial charge on any atom is 0.204 e. The molecule has 0 spiro atoms. The number of carbonyl (C=O) groups excluding carboxylic acids is 1. The highest BCUT2D eigenvalue weighted by Gasteiger charge is 2.27. The number of allylic oxidation sites excluding steroid dienone is 1. The maximum absolute atomic E-state index is 13.2. The number of rotatable bonds is 6. The lowest BCUT2D eigenvalue weighted by Crippen LogP contribution is -2.16. The van der Waals surface area contributed by atoms with E-state index >= 15 is 0 Å². The van der Waals surface area contributed by atoms with E-state index in [-0.39, 0.29) is 16.2 Å². The van der Waals surface area contributed by atoms with E-state index in [1.165, 1.54) is 18.2 Å². The zero-order valence-corrected chi connectivity index (χ0v) is 18.9.